The van der Waals surface area contributed by atoms with Crippen LogP contribution in [0, 0.1) is 5.41 Å². The molecule has 0 saturated carbocycles. The zero-order valence-electron chi connectivity index (χ0n) is 8.97. The Labute approximate surface area is 88.1 Å². The lowest BCUT2D eigenvalue weighted by Crippen LogP contribution is -2.38. The Morgan fingerprint density at radius 1 is 1.73 bits per heavy atom. The van der Waals surface area contributed by atoms with E-state index in [0.29, 0.717) is 18.8 Å². The molecule has 0 radical (unpaired) electrons. The summed E-state index contributed by atoms with van der Waals surface area (Å²) in [4.78, 5) is 15.1. The monoisotopic (exact) mass is 212 g/mol. The van der Waals surface area contributed by atoms with Gasteiger partial charge < -0.3 is 10.8 Å². The highest BCUT2D eigenvalue weighted by molar-refractivity contribution is 5.74. The Kier molecular flexibility index (Phi) is 3.41. The Morgan fingerprint density at radius 3 is 2.87 bits per heavy atom. The molecule has 6 heteroatoms. The van der Waals surface area contributed by atoms with Crippen molar-refractivity contribution in [1.82, 2.24) is 14.8 Å². The molecule has 0 saturated heterocycles. The molecule has 0 fully saturated rings. The van der Waals surface area contributed by atoms with E-state index in [-0.39, 0.29) is 6.54 Å². The highest BCUT2D eigenvalue weighted by Gasteiger charge is 2.33. The van der Waals surface area contributed by atoms with E-state index in [9.17, 15) is 4.79 Å². The van der Waals surface area contributed by atoms with Crippen LogP contribution in [0.1, 0.15) is 19.7 Å². The van der Waals surface area contributed by atoms with E-state index < -0.39 is 11.4 Å². The Morgan fingerprint density at radius 2 is 2.40 bits per heavy atom. The lowest BCUT2D eigenvalue weighted by atomic mass is 9.87. The third kappa shape index (κ3) is 2.33. The van der Waals surface area contributed by atoms with Gasteiger partial charge >= 0.3 is 5.97 Å². The van der Waals surface area contributed by atoms with Gasteiger partial charge in [-0.15, -0.1) is 0 Å². The molecule has 1 unspecified atom stereocenters. The van der Waals surface area contributed by atoms with Gasteiger partial charge in [0, 0.05) is 19.5 Å². The molecule has 0 aliphatic carbocycles. The fraction of sp³-hybridized carbons (Fsp3) is 0.667. The molecule has 1 rings (SSSR count). The molecule has 1 heterocycles. The van der Waals surface area contributed by atoms with Gasteiger partial charge in [0.2, 0.25) is 0 Å². The van der Waals surface area contributed by atoms with Crippen LogP contribution < -0.4 is 5.73 Å². The number of rotatable bonds is 5. The van der Waals surface area contributed by atoms with E-state index in [1.807, 2.05) is 6.92 Å². The summed E-state index contributed by atoms with van der Waals surface area (Å²) in [5.41, 5.74) is 4.51. The molecule has 84 valence electrons. The van der Waals surface area contributed by atoms with E-state index in [1.54, 1.807) is 11.6 Å². The van der Waals surface area contributed by atoms with E-state index in [4.69, 9.17) is 10.8 Å². The molecule has 0 spiro atoms. The number of nitrogens with two attached hydrogens (primary N) is 1. The summed E-state index contributed by atoms with van der Waals surface area (Å²) in [5.74, 6) is -0.247. The lowest BCUT2D eigenvalue weighted by molar-refractivity contribution is -0.147. The first-order valence-electron chi connectivity index (χ1n) is 4.83. The van der Waals surface area contributed by atoms with Gasteiger partial charge in [0.05, 0.1) is 5.41 Å². The summed E-state index contributed by atoms with van der Waals surface area (Å²) in [5, 5.41) is 13.0. The molecule has 15 heavy (non-hydrogen) atoms. The summed E-state index contributed by atoms with van der Waals surface area (Å²) in [6, 6.07) is 0. The van der Waals surface area contributed by atoms with Gasteiger partial charge in [0.15, 0.2) is 0 Å². The van der Waals surface area contributed by atoms with Crippen LogP contribution >= 0.6 is 0 Å². The molecule has 1 aromatic rings. The van der Waals surface area contributed by atoms with Crippen LogP contribution in [0.15, 0.2) is 6.33 Å². The fourth-order valence-electron chi connectivity index (χ4n) is 1.27. The number of aliphatic carboxylic acids is 1. The largest absolute Gasteiger partial charge is 0.481 e. The van der Waals surface area contributed by atoms with E-state index in [2.05, 4.69) is 10.1 Å². The molecule has 0 aromatic carbocycles. The van der Waals surface area contributed by atoms with Crippen LogP contribution in [0.2, 0.25) is 0 Å². The summed E-state index contributed by atoms with van der Waals surface area (Å²) < 4.78 is 1.68. The van der Waals surface area contributed by atoms with E-state index >= 15 is 0 Å². The van der Waals surface area contributed by atoms with Crippen molar-refractivity contribution in [2.75, 3.05) is 6.54 Å². The molecule has 0 bridgehead atoms. The summed E-state index contributed by atoms with van der Waals surface area (Å²) in [7, 11) is 0. The van der Waals surface area contributed by atoms with Gasteiger partial charge in [-0.2, -0.15) is 5.10 Å². The standard InChI is InChI=1S/C9H16N4O2/c1-3-13-7(11-6-12-13)4-9(2,5-10)8(14)15/h6H,3-5,10H2,1-2H3,(H,14,15). The number of aryl methyl sites for hydroxylation is 1. The number of hydrogen-bond donors (Lipinski definition) is 2. The minimum Gasteiger partial charge on any atom is -0.481 e. The molecular formula is C9H16N4O2. The second-order valence-corrected chi connectivity index (χ2v) is 3.74. The zero-order valence-corrected chi connectivity index (χ0v) is 8.97. The van der Waals surface area contributed by atoms with Crippen LogP contribution in [-0.2, 0) is 17.8 Å². The lowest BCUT2D eigenvalue weighted by Gasteiger charge is -2.21. The van der Waals surface area contributed by atoms with Crippen molar-refractivity contribution in [3.8, 4) is 0 Å². The number of aromatic nitrogens is 3. The number of carbonyl (C=O) groups is 1. The number of nitrogens with zero attached hydrogens (tertiary/aromatic N) is 3. The van der Waals surface area contributed by atoms with Crippen LogP contribution in [0.4, 0.5) is 0 Å². The summed E-state index contributed by atoms with van der Waals surface area (Å²) >= 11 is 0. The van der Waals surface area contributed by atoms with Crippen LogP contribution in [0.5, 0.6) is 0 Å². The van der Waals surface area contributed by atoms with Crippen molar-refractivity contribution in [3.05, 3.63) is 12.2 Å². The minimum atomic E-state index is -0.972. The maximum Gasteiger partial charge on any atom is 0.311 e. The van der Waals surface area contributed by atoms with Gasteiger partial charge in [-0.1, -0.05) is 0 Å². The second-order valence-electron chi connectivity index (χ2n) is 3.74. The minimum absolute atomic E-state index is 0.0822. The first-order valence-corrected chi connectivity index (χ1v) is 4.83. The van der Waals surface area contributed by atoms with E-state index in [1.165, 1.54) is 6.33 Å². The predicted molar refractivity (Wildman–Crippen MR) is 54.2 cm³/mol. The normalized spacial score (nSPS) is 14.9. The molecule has 3 N–H and O–H groups in total. The average Bonchev–Trinajstić information content (AvgIpc) is 2.64. The second kappa shape index (κ2) is 4.39. The smallest absolute Gasteiger partial charge is 0.311 e. The maximum atomic E-state index is 11.0. The first-order chi connectivity index (χ1) is 7.03. The SMILES string of the molecule is CCn1ncnc1CC(C)(CN)C(=O)O. The number of carboxylic acid groups (broad SMARTS) is 1. The van der Waals surface area contributed by atoms with Crippen LogP contribution in [0.25, 0.3) is 0 Å². The Hall–Kier alpha value is -1.43. The number of carboxylic acids is 1. The van der Waals surface area contributed by atoms with Crippen molar-refractivity contribution in [2.45, 2.75) is 26.8 Å². The summed E-state index contributed by atoms with van der Waals surface area (Å²) in [6.45, 7) is 4.30. The van der Waals surface area contributed by atoms with Gasteiger partial charge in [0.1, 0.15) is 12.2 Å². The summed E-state index contributed by atoms with van der Waals surface area (Å²) in [6.07, 6.45) is 1.73. The zero-order chi connectivity index (χ0) is 11.5. The third-order valence-electron chi connectivity index (χ3n) is 2.51. The molecule has 0 aliphatic rings. The van der Waals surface area contributed by atoms with Crippen molar-refractivity contribution in [2.24, 2.45) is 11.1 Å². The Bertz CT molecular complexity index is 350. The van der Waals surface area contributed by atoms with Crippen LogP contribution in [-0.4, -0.2) is 32.4 Å². The van der Waals surface area contributed by atoms with E-state index in [0.717, 1.165) is 0 Å². The molecule has 6 nitrogen and oxygen atoms in total. The predicted octanol–water partition coefficient (Wildman–Crippen LogP) is -0.110. The number of hydrogen-bond acceptors (Lipinski definition) is 4. The first kappa shape index (κ1) is 11.6. The molecule has 0 aliphatic heterocycles. The molecule has 0 amide bonds. The molecule has 1 atom stereocenters. The average molecular weight is 212 g/mol. The molecule has 1 aromatic heterocycles. The fourth-order valence-corrected chi connectivity index (χ4v) is 1.27. The van der Waals surface area contributed by atoms with Crippen molar-refractivity contribution in [1.29, 1.82) is 0 Å². The van der Waals surface area contributed by atoms with Gasteiger partial charge in [0.25, 0.3) is 0 Å². The van der Waals surface area contributed by atoms with Crippen molar-refractivity contribution >= 4 is 5.97 Å². The van der Waals surface area contributed by atoms with Gasteiger partial charge in [-0.25, -0.2) is 4.98 Å². The van der Waals surface area contributed by atoms with Crippen molar-refractivity contribution in [3.63, 3.8) is 0 Å². The Balaban J connectivity index is 2.88. The quantitative estimate of drug-likeness (QED) is 0.710. The molecular weight excluding hydrogens is 196 g/mol. The van der Waals surface area contributed by atoms with Crippen molar-refractivity contribution < 1.29 is 9.90 Å². The third-order valence-corrected chi connectivity index (χ3v) is 2.51. The highest BCUT2D eigenvalue weighted by Crippen LogP contribution is 2.20. The van der Waals surface area contributed by atoms with Gasteiger partial charge in [-0.05, 0) is 13.8 Å². The maximum absolute atomic E-state index is 11.0. The topological polar surface area (TPSA) is 94.0 Å². The van der Waals surface area contributed by atoms with Gasteiger partial charge in [-0.3, -0.25) is 9.48 Å². The van der Waals surface area contributed by atoms with Crippen LogP contribution in [0.3, 0.4) is 0 Å². The highest BCUT2D eigenvalue weighted by atomic mass is 16.4.